The van der Waals surface area contributed by atoms with Gasteiger partial charge in [0.1, 0.15) is 0 Å². The van der Waals surface area contributed by atoms with Crippen molar-refractivity contribution in [2.24, 2.45) is 9.98 Å². The maximum Gasteiger partial charge on any atom is 3.00 e. The summed E-state index contributed by atoms with van der Waals surface area (Å²) in [6, 6.07) is 35.6. The van der Waals surface area contributed by atoms with Crippen LogP contribution < -0.4 is 10.2 Å². The molecule has 41 heavy (non-hydrogen) atoms. The van der Waals surface area contributed by atoms with Crippen molar-refractivity contribution < 1.29 is 31.5 Å². The predicted octanol–water partition coefficient (Wildman–Crippen LogP) is 5.54. The average Bonchev–Trinajstić information content (AvgIpc) is 2.99. The first kappa shape index (κ1) is 31.5. The third-order valence-corrected chi connectivity index (χ3v) is 6.37. The molecule has 0 aliphatic heterocycles. The molecule has 0 fully saturated rings. The fraction of sp³-hybridized carbons (Fsp3) is 0.206. The van der Waals surface area contributed by atoms with Crippen LogP contribution in [-0.4, -0.2) is 24.1 Å². The predicted molar refractivity (Wildman–Crippen MR) is 157 cm³/mol. The largest absolute Gasteiger partial charge is 3.00 e. The number of carboxylic acids is 1. The fourth-order valence-corrected chi connectivity index (χ4v) is 4.38. The van der Waals surface area contributed by atoms with Gasteiger partial charge in [-0.05, 0) is 23.9 Å². The van der Waals surface area contributed by atoms with Crippen LogP contribution in [-0.2, 0) is 27.8 Å². The summed E-state index contributed by atoms with van der Waals surface area (Å²) in [5.74, 6) is -1.40. The number of aliphatic imine (C=N–C) groups is 2. The zero-order chi connectivity index (χ0) is 28.0. The van der Waals surface area contributed by atoms with E-state index in [-0.39, 0.29) is 28.8 Å². The van der Waals surface area contributed by atoms with Gasteiger partial charge in [0.25, 0.3) is 0 Å². The van der Waals surface area contributed by atoms with Crippen molar-refractivity contribution in [1.82, 2.24) is 0 Å². The van der Waals surface area contributed by atoms with Gasteiger partial charge in [-0.2, -0.15) is 0 Å². The number of rotatable bonds is 14. The molecule has 1 atom stereocenters. The quantitative estimate of drug-likeness (QED) is 0.0836. The number of unbranched alkanes of at least 4 members (excludes halogenated alkanes) is 1. The first-order chi connectivity index (χ1) is 19.6. The molecule has 0 saturated heterocycles. The summed E-state index contributed by atoms with van der Waals surface area (Å²) in [6.45, 7) is 1.37. The Bertz CT molecular complexity index is 1410. The van der Waals surface area contributed by atoms with Crippen LogP contribution in [0.15, 0.2) is 125 Å². The fourth-order valence-electron chi connectivity index (χ4n) is 4.38. The zero-order valence-electron chi connectivity index (χ0n) is 22.7. The van der Waals surface area contributed by atoms with Crippen molar-refractivity contribution in [2.45, 2.75) is 38.3 Å². The Morgan fingerprint density at radius 2 is 1.37 bits per heavy atom. The van der Waals surface area contributed by atoms with E-state index in [1.54, 1.807) is 6.07 Å². The van der Waals surface area contributed by atoms with E-state index < -0.39 is 12.0 Å². The summed E-state index contributed by atoms with van der Waals surface area (Å²) in [4.78, 5) is 21.0. The molecule has 4 aromatic carbocycles. The second kappa shape index (κ2) is 16.9. The van der Waals surface area contributed by atoms with Crippen LogP contribution >= 0.6 is 0 Å². The van der Waals surface area contributed by atoms with E-state index in [9.17, 15) is 15.0 Å². The number of hydrogen-bond acceptors (Lipinski definition) is 5. The SMILES string of the molecule is O=C([O-])CC(N=C(c1ccccc1)c1ccccc1N=C([O-])CCCC[N-]Cc1ccccc1)c1ccccc1.[Ni+3]. The van der Waals surface area contributed by atoms with Crippen LogP contribution in [0, 0.1) is 0 Å². The second-order valence-electron chi connectivity index (χ2n) is 9.42. The van der Waals surface area contributed by atoms with Crippen LogP contribution in [0.4, 0.5) is 5.69 Å². The molecule has 0 N–H and O–H groups in total. The van der Waals surface area contributed by atoms with Gasteiger partial charge < -0.3 is 20.3 Å². The number of carbonyl (C=O) groups excluding carboxylic acids is 1. The summed E-state index contributed by atoms with van der Waals surface area (Å²) in [5.41, 5.74) is 4.49. The number of hydrogen-bond donors (Lipinski definition) is 0. The first-order valence-corrected chi connectivity index (χ1v) is 13.5. The second-order valence-corrected chi connectivity index (χ2v) is 9.42. The molecule has 0 spiro atoms. The molecule has 0 saturated carbocycles. The summed E-state index contributed by atoms with van der Waals surface area (Å²) in [7, 11) is 0. The van der Waals surface area contributed by atoms with E-state index in [0.717, 1.165) is 17.5 Å². The van der Waals surface area contributed by atoms with Gasteiger partial charge in [0.15, 0.2) is 0 Å². The Hall–Kier alpha value is -4.06. The Balaban J connectivity index is 0.00000462. The van der Waals surface area contributed by atoms with Crippen molar-refractivity contribution in [1.29, 1.82) is 0 Å². The van der Waals surface area contributed by atoms with Crippen molar-refractivity contribution in [3.05, 3.63) is 143 Å². The van der Waals surface area contributed by atoms with Crippen molar-refractivity contribution >= 4 is 23.3 Å². The molecule has 4 rings (SSSR count). The number of carboxylic acid groups (broad SMARTS) is 1. The van der Waals surface area contributed by atoms with Gasteiger partial charge in [-0.1, -0.05) is 128 Å². The molecule has 211 valence electrons. The van der Waals surface area contributed by atoms with Crippen molar-refractivity contribution in [3.8, 4) is 0 Å². The molecule has 6 nitrogen and oxygen atoms in total. The zero-order valence-corrected chi connectivity index (χ0v) is 23.7. The van der Waals surface area contributed by atoms with Crippen molar-refractivity contribution in [2.75, 3.05) is 6.54 Å². The molecule has 4 aromatic rings. The molecule has 1 unspecified atom stereocenters. The van der Waals surface area contributed by atoms with Crippen molar-refractivity contribution in [3.63, 3.8) is 0 Å². The normalized spacial score (nSPS) is 12.4. The molecule has 0 aliphatic carbocycles. The Morgan fingerprint density at radius 3 is 2.05 bits per heavy atom. The van der Waals surface area contributed by atoms with Gasteiger partial charge in [-0.3, -0.25) is 9.98 Å². The van der Waals surface area contributed by atoms with Crippen LogP contribution in [0.5, 0.6) is 0 Å². The Labute approximate surface area is 251 Å². The van der Waals surface area contributed by atoms with E-state index >= 15 is 0 Å². The molecule has 0 aromatic heterocycles. The van der Waals surface area contributed by atoms with Gasteiger partial charge in [0, 0.05) is 23.5 Å². The summed E-state index contributed by atoms with van der Waals surface area (Å²) in [5, 5.41) is 29.0. The molecular formula is C34H32N3NiO3. The number of nitrogens with zero attached hydrogens (tertiary/aromatic N) is 3. The van der Waals surface area contributed by atoms with Crippen LogP contribution in [0.3, 0.4) is 0 Å². The van der Waals surface area contributed by atoms with E-state index in [0.29, 0.717) is 42.9 Å². The average molecular weight is 589 g/mol. The van der Waals surface area contributed by atoms with Gasteiger partial charge in [0.05, 0.1) is 17.4 Å². The molecule has 0 heterocycles. The van der Waals surface area contributed by atoms with E-state index in [2.05, 4.69) is 22.4 Å². The Morgan fingerprint density at radius 1 is 0.756 bits per heavy atom. The summed E-state index contributed by atoms with van der Waals surface area (Å²) in [6.07, 6.45) is 1.57. The molecule has 0 aliphatic rings. The van der Waals surface area contributed by atoms with Crippen LogP contribution in [0.2, 0.25) is 0 Å². The maximum absolute atomic E-state index is 12.8. The summed E-state index contributed by atoms with van der Waals surface area (Å²) >= 11 is 0. The molecule has 0 bridgehead atoms. The number of para-hydroxylation sites is 1. The topological polar surface area (TPSA) is 102 Å². The van der Waals surface area contributed by atoms with E-state index in [4.69, 9.17) is 4.99 Å². The van der Waals surface area contributed by atoms with Gasteiger partial charge in [0.2, 0.25) is 0 Å². The van der Waals surface area contributed by atoms with Crippen LogP contribution in [0.25, 0.3) is 5.32 Å². The minimum absolute atomic E-state index is 0. The number of carbonyl (C=O) groups is 1. The van der Waals surface area contributed by atoms with E-state index in [1.165, 1.54) is 5.56 Å². The number of aliphatic carboxylic acids is 1. The third-order valence-electron chi connectivity index (χ3n) is 6.37. The molecular weight excluding hydrogens is 557 g/mol. The third kappa shape index (κ3) is 10.1. The standard InChI is InChI=1S/C34H34N3O3.Ni/c38-32(22-12-13-23-35-25-26-14-4-1-5-15-26)36-30-21-11-10-20-29(30)34(28-18-8-3-9-19-28)37-31(24-33(39)40)27-16-6-2-7-17-27;/h1-11,14-21,31H,12-13,22-25H2,(H,36,38)(H,39,40);/q-1;+3/p-2. The maximum atomic E-state index is 12.8. The number of benzene rings is 4. The van der Waals surface area contributed by atoms with E-state index in [1.807, 2.05) is 97.1 Å². The minimum Gasteiger partial charge on any atom is -0.862 e. The Kier molecular flexibility index (Phi) is 13.0. The van der Waals surface area contributed by atoms with Gasteiger partial charge >= 0.3 is 16.5 Å². The monoisotopic (exact) mass is 588 g/mol. The van der Waals surface area contributed by atoms with Gasteiger partial charge in [-0.15, -0.1) is 13.1 Å². The van der Waals surface area contributed by atoms with Crippen LogP contribution in [0.1, 0.15) is 54.0 Å². The molecule has 0 amide bonds. The molecule has 7 heteroatoms. The minimum atomic E-state index is -1.19. The molecule has 1 radical (unpaired) electrons. The first-order valence-electron chi connectivity index (χ1n) is 13.5. The van der Waals surface area contributed by atoms with Gasteiger partial charge in [-0.25, -0.2) is 0 Å². The summed E-state index contributed by atoms with van der Waals surface area (Å²) < 4.78 is 0. The smallest absolute Gasteiger partial charge is 0.862 e.